The number of amides is 2. The Labute approximate surface area is 131 Å². The highest BCUT2D eigenvalue weighted by molar-refractivity contribution is 5.78. The van der Waals surface area contributed by atoms with Crippen LogP contribution in [0.2, 0.25) is 0 Å². The topological polar surface area (TPSA) is 60.9 Å². The Morgan fingerprint density at radius 3 is 2.68 bits per heavy atom. The molecule has 0 radical (unpaired) electrons. The lowest BCUT2D eigenvalue weighted by Gasteiger charge is -2.31. The number of hydrogen-bond donors (Lipinski definition) is 1. The monoisotopic (exact) mass is 304 g/mol. The van der Waals surface area contributed by atoms with Crippen molar-refractivity contribution in [1.29, 1.82) is 0 Å². The zero-order chi connectivity index (χ0) is 15.9. The van der Waals surface area contributed by atoms with Gasteiger partial charge in [-0.05, 0) is 18.4 Å². The molecule has 2 amide bonds. The summed E-state index contributed by atoms with van der Waals surface area (Å²) in [5.41, 5.74) is 1.05. The molecule has 1 fully saturated rings. The molecular weight excluding hydrogens is 280 g/mol. The van der Waals surface area contributed by atoms with Gasteiger partial charge in [-0.25, -0.2) is 0 Å². The third kappa shape index (κ3) is 4.84. The van der Waals surface area contributed by atoms with Crippen LogP contribution in [0.15, 0.2) is 30.3 Å². The van der Waals surface area contributed by atoms with E-state index in [1.165, 1.54) is 6.92 Å². The Bertz CT molecular complexity index is 504. The van der Waals surface area contributed by atoms with E-state index < -0.39 is 6.10 Å². The molecule has 1 atom stereocenters. The smallest absolute Gasteiger partial charge is 0.224 e. The Kier molecular flexibility index (Phi) is 5.95. The normalized spacial score (nSPS) is 18.1. The second kappa shape index (κ2) is 7.94. The maximum absolute atomic E-state index is 12.2. The standard InChI is InChI=1S/C17H24N2O3/c1-14(20)18(12-15-6-3-2-4-7-15)11-9-17(22)19-10-5-8-16(21)13-19/h2-4,6-7,16,21H,5,8-13H2,1H3. The van der Waals surface area contributed by atoms with Gasteiger partial charge in [-0.15, -0.1) is 0 Å². The highest BCUT2D eigenvalue weighted by Gasteiger charge is 2.22. The number of benzene rings is 1. The summed E-state index contributed by atoms with van der Waals surface area (Å²) in [5, 5.41) is 9.63. The number of piperidine rings is 1. The first kappa shape index (κ1) is 16.5. The summed E-state index contributed by atoms with van der Waals surface area (Å²) >= 11 is 0. The van der Waals surface area contributed by atoms with E-state index in [4.69, 9.17) is 0 Å². The van der Waals surface area contributed by atoms with E-state index in [1.807, 2.05) is 30.3 Å². The summed E-state index contributed by atoms with van der Waals surface area (Å²) in [6.07, 6.45) is 1.50. The van der Waals surface area contributed by atoms with E-state index in [-0.39, 0.29) is 11.8 Å². The number of hydrogen-bond acceptors (Lipinski definition) is 3. The minimum atomic E-state index is -0.411. The number of aliphatic hydroxyl groups is 1. The quantitative estimate of drug-likeness (QED) is 0.894. The van der Waals surface area contributed by atoms with Crippen LogP contribution in [0, 0.1) is 0 Å². The van der Waals surface area contributed by atoms with Crippen molar-refractivity contribution in [1.82, 2.24) is 9.80 Å². The van der Waals surface area contributed by atoms with Crippen LogP contribution >= 0.6 is 0 Å². The lowest BCUT2D eigenvalue weighted by Crippen LogP contribution is -2.43. The van der Waals surface area contributed by atoms with Crippen molar-refractivity contribution in [3.05, 3.63) is 35.9 Å². The van der Waals surface area contributed by atoms with Crippen LogP contribution in [-0.4, -0.2) is 52.5 Å². The van der Waals surface area contributed by atoms with Crippen molar-refractivity contribution in [3.8, 4) is 0 Å². The van der Waals surface area contributed by atoms with E-state index in [1.54, 1.807) is 9.80 Å². The molecule has 1 aromatic carbocycles. The van der Waals surface area contributed by atoms with Gasteiger partial charge in [0, 0.05) is 39.5 Å². The maximum Gasteiger partial charge on any atom is 0.224 e. The maximum atomic E-state index is 12.2. The molecule has 1 aliphatic heterocycles. The van der Waals surface area contributed by atoms with Crippen LogP contribution in [0.5, 0.6) is 0 Å². The molecule has 5 heteroatoms. The van der Waals surface area contributed by atoms with Crippen LogP contribution in [-0.2, 0) is 16.1 Å². The molecule has 120 valence electrons. The molecule has 0 saturated carbocycles. The molecular formula is C17H24N2O3. The lowest BCUT2D eigenvalue weighted by molar-refractivity contribution is -0.136. The molecule has 1 aromatic rings. The zero-order valence-corrected chi connectivity index (χ0v) is 13.1. The molecule has 1 saturated heterocycles. The molecule has 0 aromatic heterocycles. The van der Waals surface area contributed by atoms with Gasteiger partial charge in [-0.1, -0.05) is 30.3 Å². The van der Waals surface area contributed by atoms with Gasteiger partial charge in [0.25, 0.3) is 0 Å². The van der Waals surface area contributed by atoms with E-state index in [9.17, 15) is 14.7 Å². The third-order valence-electron chi connectivity index (χ3n) is 4.01. The van der Waals surface area contributed by atoms with Crippen LogP contribution < -0.4 is 0 Å². The highest BCUT2D eigenvalue weighted by Crippen LogP contribution is 2.12. The van der Waals surface area contributed by atoms with E-state index in [0.29, 0.717) is 32.6 Å². The van der Waals surface area contributed by atoms with Gasteiger partial charge >= 0.3 is 0 Å². The summed E-state index contributed by atoms with van der Waals surface area (Å²) in [4.78, 5) is 27.3. The highest BCUT2D eigenvalue weighted by atomic mass is 16.3. The minimum Gasteiger partial charge on any atom is -0.391 e. The molecule has 1 heterocycles. The summed E-state index contributed by atoms with van der Waals surface area (Å²) in [6.45, 7) is 3.58. The molecule has 0 spiro atoms. The van der Waals surface area contributed by atoms with Crippen LogP contribution in [0.25, 0.3) is 0 Å². The number of likely N-dealkylation sites (tertiary alicyclic amines) is 1. The molecule has 1 N–H and O–H groups in total. The average molecular weight is 304 g/mol. The first-order chi connectivity index (χ1) is 10.6. The number of aliphatic hydroxyl groups excluding tert-OH is 1. The average Bonchev–Trinajstić information content (AvgIpc) is 2.51. The molecule has 5 nitrogen and oxygen atoms in total. The van der Waals surface area contributed by atoms with Gasteiger partial charge in [-0.2, -0.15) is 0 Å². The van der Waals surface area contributed by atoms with Crippen molar-refractivity contribution in [2.75, 3.05) is 19.6 Å². The molecule has 2 rings (SSSR count). The van der Waals surface area contributed by atoms with Crippen molar-refractivity contribution in [3.63, 3.8) is 0 Å². The fourth-order valence-electron chi connectivity index (χ4n) is 2.72. The fraction of sp³-hybridized carbons (Fsp3) is 0.529. The van der Waals surface area contributed by atoms with Crippen molar-refractivity contribution in [2.24, 2.45) is 0 Å². The van der Waals surface area contributed by atoms with Gasteiger partial charge in [0.15, 0.2) is 0 Å². The number of β-amino-alcohol motifs (C(OH)–C–C–N with tert-alkyl or cyclic N) is 1. The predicted molar refractivity (Wildman–Crippen MR) is 84.0 cm³/mol. The molecule has 22 heavy (non-hydrogen) atoms. The van der Waals surface area contributed by atoms with Crippen molar-refractivity contribution < 1.29 is 14.7 Å². The first-order valence-corrected chi connectivity index (χ1v) is 7.81. The van der Waals surface area contributed by atoms with Gasteiger partial charge < -0.3 is 14.9 Å². The van der Waals surface area contributed by atoms with Crippen molar-refractivity contribution in [2.45, 2.75) is 38.8 Å². The Morgan fingerprint density at radius 1 is 1.32 bits per heavy atom. The predicted octanol–water partition coefficient (Wildman–Crippen LogP) is 1.41. The summed E-state index contributed by atoms with van der Waals surface area (Å²) in [6, 6.07) is 9.76. The fourth-order valence-corrected chi connectivity index (χ4v) is 2.72. The summed E-state index contributed by atoms with van der Waals surface area (Å²) < 4.78 is 0. The summed E-state index contributed by atoms with van der Waals surface area (Å²) in [5.74, 6) is -0.0200. The lowest BCUT2D eigenvalue weighted by atomic mass is 10.1. The largest absolute Gasteiger partial charge is 0.391 e. The molecule has 1 unspecified atom stereocenters. The van der Waals surface area contributed by atoms with Crippen LogP contribution in [0.1, 0.15) is 31.7 Å². The van der Waals surface area contributed by atoms with E-state index in [0.717, 1.165) is 18.4 Å². The summed E-state index contributed by atoms with van der Waals surface area (Å²) in [7, 11) is 0. The van der Waals surface area contributed by atoms with Gasteiger partial charge in [0.1, 0.15) is 0 Å². The van der Waals surface area contributed by atoms with Crippen LogP contribution in [0.3, 0.4) is 0 Å². The van der Waals surface area contributed by atoms with Crippen LogP contribution in [0.4, 0.5) is 0 Å². The van der Waals surface area contributed by atoms with Gasteiger partial charge in [0.05, 0.1) is 6.10 Å². The van der Waals surface area contributed by atoms with Gasteiger partial charge in [0.2, 0.25) is 11.8 Å². The van der Waals surface area contributed by atoms with Crippen molar-refractivity contribution >= 4 is 11.8 Å². The van der Waals surface area contributed by atoms with E-state index >= 15 is 0 Å². The first-order valence-electron chi connectivity index (χ1n) is 7.81. The SMILES string of the molecule is CC(=O)N(CCC(=O)N1CCCC(O)C1)Cc1ccccc1. The zero-order valence-electron chi connectivity index (χ0n) is 13.1. The number of rotatable bonds is 5. The van der Waals surface area contributed by atoms with Gasteiger partial charge in [-0.3, -0.25) is 9.59 Å². The molecule has 0 bridgehead atoms. The Morgan fingerprint density at radius 2 is 2.05 bits per heavy atom. The second-order valence-corrected chi connectivity index (χ2v) is 5.81. The third-order valence-corrected chi connectivity index (χ3v) is 4.01. The number of nitrogens with zero attached hydrogens (tertiary/aromatic N) is 2. The number of carbonyl (C=O) groups excluding carboxylic acids is 2. The Balaban J connectivity index is 1.86. The van der Waals surface area contributed by atoms with E-state index in [2.05, 4.69) is 0 Å². The minimum absolute atomic E-state index is 0.0121. The second-order valence-electron chi connectivity index (χ2n) is 5.81. The Hall–Kier alpha value is -1.88. The number of carbonyl (C=O) groups is 2. The molecule has 1 aliphatic rings. The molecule has 0 aliphatic carbocycles.